The van der Waals surface area contributed by atoms with Crippen molar-refractivity contribution < 1.29 is 22.7 Å². The molecule has 2 unspecified atom stereocenters. The largest absolute Gasteiger partial charge is 0.462 e. The van der Waals surface area contributed by atoms with Crippen LogP contribution in [0.3, 0.4) is 0 Å². The van der Waals surface area contributed by atoms with E-state index in [1.165, 1.54) is 13.0 Å². The fourth-order valence-electron chi connectivity index (χ4n) is 2.70. The predicted octanol–water partition coefficient (Wildman–Crippen LogP) is 3.79. The van der Waals surface area contributed by atoms with Gasteiger partial charge in [0.1, 0.15) is 6.10 Å². The molecule has 1 heterocycles. The van der Waals surface area contributed by atoms with Crippen molar-refractivity contribution in [2.24, 2.45) is 0 Å². The Hall–Kier alpha value is -1.27. The molecule has 1 aromatic carbocycles. The molecule has 22 heavy (non-hydrogen) atoms. The molecule has 0 aromatic heterocycles. The third-order valence-corrected chi connectivity index (χ3v) is 3.66. The predicted molar refractivity (Wildman–Crippen MR) is 79.0 cm³/mol. The van der Waals surface area contributed by atoms with Gasteiger partial charge in [0.15, 0.2) is 0 Å². The zero-order valence-corrected chi connectivity index (χ0v) is 13.2. The van der Waals surface area contributed by atoms with Gasteiger partial charge in [0.25, 0.3) is 0 Å². The second kappa shape index (κ2) is 7.33. The molecule has 2 atom stereocenters. The highest BCUT2D eigenvalue weighted by atomic mass is 35.5. The molecule has 0 spiro atoms. The van der Waals surface area contributed by atoms with Crippen LogP contribution < -0.4 is 5.32 Å². The maximum absolute atomic E-state index is 12.7. The average molecular weight is 338 g/mol. The molecule has 0 saturated carbocycles. The number of aryl methyl sites for hydroxylation is 1. The quantitative estimate of drug-likeness (QED) is 0.834. The summed E-state index contributed by atoms with van der Waals surface area (Å²) >= 11 is 0. The van der Waals surface area contributed by atoms with E-state index in [1.807, 2.05) is 0 Å². The first-order valence-corrected chi connectivity index (χ1v) is 6.85. The second-order valence-corrected chi connectivity index (χ2v) is 5.33. The normalized spacial score (nSPS) is 21.9. The van der Waals surface area contributed by atoms with Gasteiger partial charge in [-0.2, -0.15) is 13.2 Å². The lowest BCUT2D eigenvalue weighted by molar-refractivity contribution is -0.148. The van der Waals surface area contributed by atoms with Crippen LogP contribution in [-0.4, -0.2) is 18.6 Å². The van der Waals surface area contributed by atoms with Gasteiger partial charge in [-0.3, -0.25) is 4.79 Å². The van der Waals surface area contributed by atoms with Gasteiger partial charge in [-0.15, -0.1) is 12.4 Å². The van der Waals surface area contributed by atoms with Crippen molar-refractivity contribution in [3.05, 3.63) is 34.9 Å². The molecule has 2 rings (SSSR count). The number of halogens is 4. The zero-order chi connectivity index (χ0) is 15.6. The van der Waals surface area contributed by atoms with Crippen molar-refractivity contribution in [2.45, 2.75) is 45.0 Å². The Morgan fingerprint density at radius 2 is 2.05 bits per heavy atom. The first kappa shape index (κ1) is 18.8. The van der Waals surface area contributed by atoms with Gasteiger partial charge in [-0.05, 0) is 43.1 Å². The van der Waals surface area contributed by atoms with Gasteiger partial charge in [-0.25, -0.2) is 0 Å². The molecule has 1 aliphatic rings. The Kier molecular flexibility index (Phi) is 6.26. The van der Waals surface area contributed by atoms with Crippen LogP contribution in [0, 0.1) is 6.92 Å². The van der Waals surface area contributed by atoms with Crippen LogP contribution >= 0.6 is 12.4 Å². The molecule has 3 nitrogen and oxygen atoms in total. The summed E-state index contributed by atoms with van der Waals surface area (Å²) in [7, 11) is 0. The molecular weight excluding hydrogens is 319 g/mol. The van der Waals surface area contributed by atoms with Crippen LogP contribution in [-0.2, 0) is 15.7 Å². The van der Waals surface area contributed by atoms with Crippen LogP contribution in [0.2, 0.25) is 0 Å². The molecular formula is C15H19ClF3NO2. The van der Waals surface area contributed by atoms with Crippen LogP contribution in [0.15, 0.2) is 18.2 Å². The first-order chi connectivity index (χ1) is 9.77. The maximum Gasteiger partial charge on any atom is 0.416 e. The van der Waals surface area contributed by atoms with E-state index < -0.39 is 11.7 Å². The molecule has 0 aliphatic carbocycles. The standard InChI is InChI=1S/C15H18F3NO2.ClH/c1-9-7-11(15(16,17)18)3-4-13(9)14-8-12(5-6-19-14)21-10(2)20;/h3-4,7,12,14,19H,5-6,8H2,1-2H3;1H. The average Bonchev–Trinajstić information content (AvgIpc) is 2.37. The molecule has 1 fully saturated rings. The highest BCUT2D eigenvalue weighted by Crippen LogP contribution is 2.33. The van der Waals surface area contributed by atoms with Crippen molar-refractivity contribution in [1.29, 1.82) is 0 Å². The van der Waals surface area contributed by atoms with E-state index in [1.54, 1.807) is 6.92 Å². The molecule has 1 aliphatic heterocycles. The van der Waals surface area contributed by atoms with Crippen molar-refractivity contribution in [3.8, 4) is 0 Å². The topological polar surface area (TPSA) is 38.3 Å². The SMILES string of the molecule is CC(=O)OC1CCNC(c2ccc(C(F)(F)F)cc2C)C1.Cl. The maximum atomic E-state index is 12.7. The molecule has 1 N–H and O–H groups in total. The van der Waals surface area contributed by atoms with Gasteiger partial charge in [0.05, 0.1) is 5.56 Å². The molecule has 0 radical (unpaired) electrons. The fourth-order valence-corrected chi connectivity index (χ4v) is 2.70. The van der Waals surface area contributed by atoms with Crippen LogP contribution in [0.25, 0.3) is 0 Å². The van der Waals surface area contributed by atoms with E-state index in [9.17, 15) is 18.0 Å². The van der Waals surface area contributed by atoms with E-state index in [0.29, 0.717) is 18.5 Å². The number of nitrogens with one attached hydrogen (secondary N) is 1. The van der Waals surface area contributed by atoms with Gasteiger partial charge in [0, 0.05) is 19.4 Å². The van der Waals surface area contributed by atoms with Gasteiger partial charge in [0.2, 0.25) is 0 Å². The number of carbonyl (C=O) groups excluding carboxylic acids is 1. The summed E-state index contributed by atoms with van der Waals surface area (Å²) in [6, 6.07) is 3.67. The first-order valence-electron chi connectivity index (χ1n) is 6.85. The Bertz CT molecular complexity index is 534. The molecule has 0 bridgehead atoms. The summed E-state index contributed by atoms with van der Waals surface area (Å²) < 4.78 is 43.2. The number of alkyl halides is 3. The Balaban J connectivity index is 0.00000242. The molecule has 7 heteroatoms. The number of carbonyl (C=O) groups is 1. The number of rotatable bonds is 2. The van der Waals surface area contributed by atoms with Crippen molar-refractivity contribution in [1.82, 2.24) is 5.32 Å². The van der Waals surface area contributed by atoms with E-state index >= 15 is 0 Å². The summed E-state index contributed by atoms with van der Waals surface area (Å²) in [4.78, 5) is 11.0. The lowest BCUT2D eigenvalue weighted by atomic mass is 9.91. The van der Waals surface area contributed by atoms with Gasteiger partial charge in [-0.1, -0.05) is 6.07 Å². The van der Waals surface area contributed by atoms with E-state index in [-0.39, 0.29) is 30.5 Å². The van der Waals surface area contributed by atoms with Gasteiger partial charge < -0.3 is 10.1 Å². The van der Waals surface area contributed by atoms with Crippen LogP contribution in [0.1, 0.15) is 42.5 Å². The fraction of sp³-hybridized carbons (Fsp3) is 0.533. The lowest BCUT2D eigenvalue weighted by Crippen LogP contribution is -2.36. The lowest BCUT2D eigenvalue weighted by Gasteiger charge is -2.31. The summed E-state index contributed by atoms with van der Waals surface area (Å²) in [6.45, 7) is 3.70. The van der Waals surface area contributed by atoms with Crippen molar-refractivity contribution in [2.75, 3.05) is 6.54 Å². The summed E-state index contributed by atoms with van der Waals surface area (Å²) in [6.07, 6.45) is -3.22. The Labute approximate surface area is 133 Å². The third kappa shape index (κ3) is 4.61. The molecule has 0 amide bonds. The van der Waals surface area contributed by atoms with Crippen molar-refractivity contribution >= 4 is 18.4 Å². The molecule has 1 aromatic rings. The van der Waals surface area contributed by atoms with E-state index in [0.717, 1.165) is 24.1 Å². The number of esters is 1. The Morgan fingerprint density at radius 3 is 2.59 bits per heavy atom. The summed E-state index contributed by atoms with van der Waals surface area (Å²) in [5, 5.41) is 3.27. The number of hydrogen-bond acceptors (Lipinski definition) is 3. The number of ether oxygens (including phenoxy) is 1. The number of piperidine rings is 1. The Morgan fingerprint density at radius 1 is 1.36 bits per heavy atom. The monoisotopic (exact) mass is 337 g/mol. The minimum absolute atomic E-state index is 0. The zero-order valence-electron chi connectivity index (χ0n) is 12.4. The van der Waals surface area contributed by atoms with E-state index in [2.05, 4.69) is 5.32 Å². The number of hydrogen-bond donors (Lipinski definition) is 1. The highest BCUT2D eigenvalue weighted by Gasteiger charge is 2.32. The third-order valence-electron chi connectivity index (χ3n) is 3.66. The minimum atomic E-state index is -4.33. The van der Waals surface area contributed by atoms with Gasteiger partial charge >= 0.3 is 12.1 Å². The smallest absolute Gasteiger partial charge is 0.416 e. The summed E-state index contributed by atoms with van der Waals surface area (Å²) in [5.74, 6) is -0.329. The van der Waals surface area contributed by atoms with Crippen LogP contribution in [0.5, 0.6) is 0 Å². The molecule has 124 valence electrons. The van der Waals surface area contributed by atoms with Crippen molar-refractivity contribution in [3.63, 3.8) is 0 Å². The highest BCUT2D eigenvalue weighted by molar-refractivity contribution is 5.85. The number of benzene rings is 1. The van der Waals surface area contributed by atoms with Crippen LogP contribution in [0.4, 0.5) is 13.2 Å². The molecule has 1 saturated heterocycles. The van der Waals surface area contributed by atoms with E-state index in [4.69, 9.17) is 4.74 Å². The minimum Gasteiger partial charge on any atom is -0.462 e. The second-order valence-electron chi connectivity index (χ2n) is 5.33. The summed E-state index contributed by atoms with van der Waals surface area (Å²) in [5.41, 5.74) is 0.766.